The maximum absolute atomic E-state index is 9.81. The number of fused-ring (bicyclic) bond motifs is 2. The molecule has 3 heterocycles. The molecule has 0 saturated carbocycles. The molecule has 25 heavy (non-hydrogen) atoms. The molecule has 0 aliphatic carbocycles. The number of phenols is 1. The Balaban J connectivity index is 1.90. The van der Waals surface area contributed by atoms with Crippen molar-refractivity contribution in [1.29, 1.82) is 0 Å². The number of aliphatic imine (C=N–C) groups is 1. The fourth-order valence-corrected chi connectivity index (χ4v) is 3.55. The Hall–Kier alpha value is -2.99. The van der Waals surface area contributed by atoms with Crippen LogP contribution in [0, 0.1) is 0 Å². The van der Waals surface area contributed by atoms with Crippen LogP contribution in [0.1, 0.15) is 11.1 Å². The van der Waals surface area contributed by atoms with E-state index in [2.05, 4.69) is 26.0 Å². The third kappa shape index (κ3) is 2.11. The lowest BCUT2D eigenvalue weighted by Gasteiger charge is -2.07. The second-order valence-corrected chi connectivity index (χ2v) is 6.63. The number of nitrogens with zero attached hydrogens (tertiary/aromatic N) is 4. The molecule has 1 aliphatic heterocycles. The minimum absolute atomic E-state index is 0.198. The van der Waals surface area contributed by atoms with Crippen LogP contribution in [0.25, 0.3) is 16.8 Å². The van der Waals surface area contributed by atoms with E-state index >= 15 is 0 Å². The molecule has 0 saturated heterocycles. The van der Waals surface area contributed by atoms with Gasteiger partial charge < -0.3 is 5.11 Å². The molecule has 0 bridgehead atoms. The fraction of sp³-hybridized carbons (Fsp3) is 0. The third-order valence-corrected chi connectivity index (χ3v) is 4.96. The molecule has 0 spiro atoms. The van der Waals surface area contributed by atoms with E-state index in [0.29, 0.717) is 4.47 Å². The summed E-state index contributed by atoms with van der Waals surface area (Å²) < 4.78 is 2.45. The molecule has 4 aromatic rings. The van der Waals surface area contributed by atoms with Crippen LogP contribution in [0.2, 0.25) is 0 Å². The van der Waals surface area contributed by atoms with Crippen LogP contribution < -0.4 is 0 Å². The van der Waals surface area contributed by atoms with Crippen molar-refractivity contribution in [2.45, 2.75) is 0 Å². The largest absolute Gasteiger partial charge is 0.507 e. The molecule has 120 valence electrons. The summed E-state index contributed by atoms with van der Waals surface area (Å²) in [5.74, 6) is 0.198. The summed E-state index contributed by atoms with van der Waals surface area (Å²) in [6, 6.07) is 15.3. The number of aromatic hydroxyl groups is 1. The SMILES string of the molecule is Oc1ccc(C2=Nc3ccccc3-c3ncnn4ccc2c34)cc1Br. The number of phenolic OH excluding ortho intramolecular Hbond substituents is 1. The van der Waals surface area contributed by atoms with Crippen LogP contribution in [0.15, 0.2) is 70.5 Å². The summed E-state index contributed by atoms with van der Waals surface area (Å²) in [7, 11) is 0. The van der Waals surface area contributed by atoms with E-state index in [1.807, 2.05) is 53.2 Å². The van der Waals surface area contributed by atoms with Crippen LogP contribution in [-0.2, 0) is 0 Å². The van der Waals surface area contributed by atoms with Crippen LogP contribution in [0.5, 0.6) is 5.75 Å². The van der Waals surface area contributed by atoms with Crippen molar-refractivity contribution < 1.29 is 5.11 Å². The van der Waals surface area contributed by atoms with E-state index < -0.39 is 0 Å². The van der Waals surface area contributed by atoms with Gasteiger partial charge in [0.25, 0.3) is 0 Å². The van der Waals surface area contributed by atoms with Gasteiger partial charge in [0, 0.05) is 22.9 Å². The highest BCUT2D eigenvalue weighted by Gasteiger charge is 2.22. The molecule has 5 rings (SSSR count). The molecule has 0 amide bonds. The van der Waals surface area contributed by atoms with Crippen molar-refractivity contribution in [3.05, 3.63) is 76.7 Å². The Labute approximate surface area is 151 Å². The summed E-state index contributed by atoms with van der Waals surface area (Å²) in [6.45, 7) is 0. The molecule has 2 aromatic heterocycles. The zero-order valence-electron chi connectivity index (χ0n) is 12.9. The van der Waals surface area contributed by atoms with E-state index in [9.17, 15) is 5.11 Å². The van der Waals surface area contributed by atoms with Gasteiger partial charge in [-0.25, -0.2) is 14.5 Å². The molecule has 0 atom stereocenters. The third-order valence-electron chi connectivity index (χ3n) is 4.32. The number of aromatic nitrogens is 3. The summed E-state index contributed by atoms with van der Waals surface area (Å²) in [6.07, 6.45) is 3.47. The van der Waals surface area contributed by atoms with Crippen molar-refractivity contribution in [1.82, 2.24) is 14.6 Å². The maximum atomic E-state index is 9.81. The van der Waals surface area contributed by atoms with Crippen molar-refractivity contribution in [2.75, 3.05) is 0 Å². The first-order chi connectivity index (χ1) is 12.2. The molecular weight excluding hydrogens is 380 g/mol. The molecule has 0 unspecified atom stereocenters. The quantitative estimate of drug-likeness (QED) is 0.462. The lowest BCUT2D eigenvalue weighted by atomic mass is 10.0. The first-order valence-electron chi connectivity index (χ1n) is 7.72. The Bertz CT molecular complexity index is 1180. The Morgan fingerprint density at radius 3 is 2.76 bits per heavy atom. The number of para-hydroxylation sites is 1. The standard InChI is InChI=1S/C19H11BrN4O/c20-14-9-11(5-6-16(14)25)17-13-7-8-24-19(13)18(21-10-22-24)12-3-1-2-4-15(12)23-17/h1-10,25H. The van der Waals surface area contributed by atoms with E-state index in [4.69, 9.17) is 4.99 Å². The summed E-state index contributed by atoms with van der Waals surface area (Å²) in [5.41, 5.74) is 6.32. The number of rotatable bonds is 1. The molecule has 0 fully saturated rings. The second-order valence-electron chi connectivity index (χ2n) is 5.77. The first kappa shape index (κ1) is 14.4. The smallest absolute Gasteiger partial charge is 0.137 e. The molecule has 1 aliphatic rings. The summed E-state index contributed by atoms with van der Waals surface area (Å²) >= 11 is 3.39. The zero-order chi connectivity index (χ0) is 17.0. The first-order valence-corrected chi connectivity index (χ1v) is 8.51. The van der Waals surface area contributed by atoms with Crippen LogP contribution >= 0.6 is 15.9 Å². The highest BCUT2D eigenvalue weighted by Crippen LogP contribution is 2.38. The number of hydrogen-bond acceptors (Lipinski definition) is 4. The summed E-state index contributed by atoms with van der Waals surface area (Å²) in [5, 5.41) is 14.1. The average molecular weight is 391 g/mol. The molecule has 2 aromatic carbocycles. The van der Waals surface area contributed by atoms with Crippen molar-refractivity contribution >= 4 is 32.8 Å². The van der Waals surface area contributed by atoms with Gasteiger partial charge in [0.2, 0.25) is 0 Å². The van der Waals surface area contributed by atoms with Crippen LogP contribution in [-0.4, -0.2) is 25.4 Å². The molecule has 0 radical (unpaired) electrons. The predicted octanol–water partition coefficient (Wildman–Crippen LogP) is 4.35. The lowest BCUT2D eigenvalue weighted by Crippen LogP contribution is -2.03. The Kier molecular flexibility index (Phi) is 3.02. The summed E-state index contributed by atoms with van der Waals surface area (Å²) in [4.78, 5) is 9.44. The van der Waals surface area contributed by atoms with E-state index in [-0.39, 0.29) is 5.75 Å². The number of benzene rings is 2. The van der Waals surface area contributed by atoms with Gasteiger partial charge in [-0.2, -0.15) is 5.10 Å². The highest BCUT2D eigenvalue weighted by molar-refractivity contribution is 9.10. The minimum atomic E-state index is 0.198. The topological polar surface area (TPSA) is 62.8 Å². The number of halogens is 1. The van der Waals surface area contributed by atoms with Gasteiger partial charge in [-0.3, -0.25) is 0 Å². The van der Waals surface area contributed by atoms with Crippen molar-refractivity contribution in [3.8, 4) is 17.0 Å². The molecule has 6 heteroatoms. The molecule has 5 nitrogen and oxygen atoms in total. The second kappa shape index (κ2) is 5.26. The zero-order valence-corrected chi connectivity index (χ0v) is 14.5. The minimum Gasteiger partial charge on any atom is -0.507 e. The highest BCUT2D eigenvalue weighted by atomic mass is 79.9. The average Bonchev–Trinajstić information content (AvgIpc) is 3.00. The Morgan fingerprint density at radius 1 is 1.00 bits per heavy atom. The fourth-order valence-electron chi connectivity index (χ4n) is 3.17. The number of hydrogen-bond donors (Lipinski definition) is 1. The van der Waals surface area contributed by atoms with Gasteiger partial charge in [-0.05, 0) is 46.3 Å². The van der Waals surface area contributed by atoms with Crippen LogP contribution in [0.3, 0.4) is 0 Å². The van der Waals surface area contributed by atoms with Gasteiger partial charge in [0.1, 0.15) is 23.3 Å². The monoisotopic (exact) mass is 390 g/mol. The van der Waals surface area contributed by atoms with Crippen molar-refractivity contribution in [3.63, 3.8) is 0 Å². The predicted molar refractivity (Wildman–Crippen MR) is 99.5 cm³/mol. The van der Waals surface area contributed by atoms with Gasteiger partial charge in [-0.15, -0.1) is 0 Å². The molecular formula is C19H11BrN4O. The van der Waals surface area contributed by atoms with E-state index in [1.165, 1.54) is 0 Å². The molecule has 1 N–H and O–H groups in total. The lowest BCUT2D eigenvalue weighted by molar-refractivity contribution is 0.472. The van der Waals surface area contributed by atoms with E-state index in [1.54, 1.807) is 12.4 Å². The van der Waals surface area contributed by atoms with Gasteiger partial charge in [-0.1, -0.05) is 18.2 Å². The van der Waals surface area contributed by atoms with Gasteiger partial charge >= 0.3 is 0 Å². The maximum Gasteiger partial charge on any atom is 0.137 e. The normalized spacial score (nSPS) is 12.6. The van der Waals surface area contributed by atoms with Gasteiger partial charge in [0.05, 0.1) is 15.9 Å². The van der Waals surface area contributed by atoms with Crippen molar-refractivity contribution in [2.24, 2.45) is 4.99 Å². The Morgan fingerprint density at radius 2 is 1.88 bits per heavy atom. The van der Waals surface area contributed by atoms with Gasteiger partial charge in [0.15, 0.2) is 0 Å². The van der Waals surface area contributed by atoms with Crippen LogP contribution in [0.4, 0.5) is 5.69 Å². The van der Waals surface area contributed by atoms with E-state index in [0.717, 1.165) is 39.3 Å².